The van der Waals surface area contributed by atoms with Crippen LogP contribution in [-0.4, -0.2) is 36.5 Å². The van der Waals surface area contributed by atoms with E-state index >= 15 is 0 Å². The maximum absolute atomic E-state index is 11.5. The van der Waals surface area contributed by atoms with Crippen LogP contribution in [0.5, 0.6) is 0 Å². The zero-order chi connectivity index (χ0) is 13.9. The van der Waals surface area contributed by atoms with Gasteiger partial charge in [-0.1, -0.05) is 0 Å². The molecular formula is C8H16N6O4. The van der Waals surface area contributed by atoms with E-state index in [0.717, 1.165) is 0 Å². The molecule has 0 aliphatic rings. The summed E-state index contributed by atoms with van der Waals surface area (Å²) in [6.45, 7) is -0.417. The SMILES string of the molecule is Nc1c(N(CCO)CCO)c(N)[n+]([O-])c(N)[n+]1[O-]. The van der Waals surface area contributed by atoms with E-state index in [1.165, 1.54) is 4.90 Å². The molecule has 1 rings (SSSR count). The molecule has 102 valence electrons. The quantitative estimate of drug-likeness (QED) is 0.267. The molecule has 0 spiro atoms. The van der Waals surface area contributed by atoms with E-state index in [0.29, 0.717) is 0 Å². The second kappa shape index (κ2) is 5.42. The maximum Gasteiger partial charge on any atom is 0.451 e. The van der Waals surface area contributed by atoms with Crippen LogP contribution in [0.1, 0.15) is 0 Å². The number of anilines is 4. The lowest BCUT2D eigenvalue weighted by Gasteiger charge is -2.25. The van der Waals surface area contributed by atoms with Crippen LogP contribution in [0.25, 0.3) is 0 Å². The van der Waals surface area contributed by atoms with Crippen molar-refractivity contribution in [3.63, 3.8) is 0 Å². The Morgan fingerprint density at radius 1 is 0.944 bits per heavy atom. The molecule has 0 saturated carbocycles. The predicted octanol–water partition coefficient (Wildman–Crippen LogP) is -3.51. The van der Waals surface area contributed by atoms with Crippen LogP contribution in [0.4, 0.5) is 23.3 Å². The molecule has 0 bridgehead atoms. The van der Waals surface area contributed by atoms with E-state index < -0.39 is 5.95 Å². The highest BCUT2D eigenvalue weighted by Gasteiger charge is 2.26. The van der Waals surface area contributed by atoms with Crippen LogP contribution in [0.15, 0.2) is 0 Å². The Kier molecular flexibility index (Phi) is 4.18. The minimum absolute atomic E-state index is 0.0421. The number of aliphatic hydroxyl groups excluding tert-OH is 2. The third-order valence-corrected chi connectivity index (χ3v) is 2.40. The molecule has 10 nitrogen and oxygen atoms in total. The number of nitrogens with zero attached hydrogens (tertiary/aromatic N) is 3. The summed E-state index contributed by atoms with van der Waals surface area (Å²) < 4.78 is 0.0842. The Hall–Kier alpha value is -2.20. The highest BCUT2D eigenvalue weighted by atomic mass is 16.5. The fourth-order valence-electron chi connectivity index (χ4n) is 1.55. The van der Waals surface area contributed by atoms with Gasteiger partial charge in [-0.3, -0.25) is 5.73 Å². The van der Waals surface area contributed by atoms with Gasteiger partial charge in [0.1, 0.15) is 0 Å². The number of hydrogen-bond donors (Lipinski definition) is 5. The van der Waals surface area contributed by atoms with E-state index in [2.05, 4.69) is 0 Å². The molecule has 1 heterocycles. The van der Waals surface area contributed by atoms with Gasteiger partial charge in [0.15, 0.2) is 5.69 Å². The number of nitrogen functional groups attached to an aromatic ring is 3. The van der Waals surface area contributed by atoms with Crippen LogP contribution in [-0.2, 0) is 0 Å². The highest BCUT2D eigenvalue weighted by molar-refractivity contribution is 5.71. The van der Waals surface area contributed by atoms with E-state index in [4.69, 9.17) is 27.4 Å². The number of aromatic nitrogens is 2. The summed E-state index contributed by atoms with van der Waals surface area (Å²) >= 11 is 0. The van der Waals surface area contributed by atoms with Crippen LogP contribution in [0.3, 0.4) is 0 Å². The van der Waals surface area contributed by atoms with Gasteiger partial charge in [-0.2, -0.15) is 9.46 Å². The summed E-state index contributed by atoms with van der Waals surface area (Å²) in [6.07, 6.45) is 0. The van der Waals surface area contributed by atoms with E-state index in [1.807, 2.05) is 0 Å². The molecular weight excluding hydrogens is 244 g/mol. The fraction of sp³-hybridized carbons (Fsp3) is 0.500. The molecule has 8 N–H and O–H groups in total. The molecule has 0 atom stereocenters. The van der Waals surface area contributed by atoms with Gasteiger partial charge in [0, 0.05) is 13.1 Å². The normalized spacial score (nSPS) is 10.6. The van der Waals surface area contributed by atoms with Crippen molar-refractivity contribution in [3.8, 4) is 0 Å². The van der Waals surface area contributed by atoms with Gasteiger partial charge in [-0.25, -0.2) is 5.73 Å². The van der Waals surface area contributed by atoms with Crippen molar-refractivity contribution in [3.05, 3.63) is 10.4 Å². The fourth-order valence-corrected chi connectivity index (χ4v) is 1.55. The molecule has 1 aromatic rings. The van der Waals surface area contributed by atoms with Crippen LogP contribution >= 0.6 is 0 Å². The summed E-state index contributed by atoms with van der Waals surface area (Å²) in [5, 5.41) is 40.8. The van der Waals surface area contributed by atoms with Crippen molar-refractivity contribution in [1.29, 1.82) is 0 Å². The van der Waals surface area contributed by atoms with Gasteiger partial charge < -0.3 is 31.3 Å². The topological polar surface area (TPSA) is 176 Å². The molecule has 0 aliphatic heterocycles. The van der Waals surface area contributed by atoms with Crippen molar-refractivity contribution in [2.24, 2.45) is 0 Å². The molecule has 0 saturated heterocycles. The standard InChI is InChI=1S/C8H16N6O4/c9-6-5(12(1-3-15)2-4-16)7(10)14(18)8(11)13(6)17/h15-16H,1-4,9-11H2. The third-order valence-electron chi connectivity index (χ3n) is 2.40. The van der Waals surface area contributed by atoms with Gasteiger partial charge in [-0.15, -0.1) is 0 Å². The van der Waals surface area contributed by atoms with Crippen LogP contribution in [0.2, 0.25) is 0 Å². The molecule has 0 radical (unpaired) electrons. The Labute approximate surface area is 103 Å². The lowest BCUT2D eigenvalue weighted by atomic mass is 10.3. The van der Waals surface area contributed by atoms with Crippen molar-refractivity contribution < 1.29 is 19.7 Å². The largest absolute Gasteiger partial charge is 0.706 e. The second-order valence-corrected chi connectivity index (χ2v) is 3.50. The van der Waals surface area contributed by atoms with Crippen molar-refractivity contribution in [2.75, 3.05) is 48.4 Å². The number of aliphatic hydroxyl groups is 2. The van der Waals surface area contributed by atoms with E-state index in [9.17, 15) is 10.4 Å². The van der Waals surface area contributed by atoms with Gasteiger partial charge >= 0.3 is 11.8 Å². The zero-order valence-electron chi connectivity index (χ0n) is 9.61. The Balaban J connectivity index is 3.37. The average molecular weight is 260 g/mol. The van der Waals surface area contributed by atoms with Gasteiger partial charge in [0.2, 0.25) is 5.82 Å². The van der Waals surface area contributed by atoms with Crippen molar-refractivity contribution >= 4 is 23.3 Å². The molecule has 10 heteroatoms. The van der Waals surface area contributed by atoms with E-state index in [1.54, 1.807) is 0 Å². The first-order valence-electron chi connectivity index (χ1n) is 5.11. The summed E-state index contributed by atoms with van der Waals surface area (Å²) in [5.41, 5.74) is 16.3. The van der Waals surface area contributed by atoms with Crippen molar-refractivity contribution in [2.45, 2.75) is 0 Å². The summed E-state index contributed by atoms with van der Waals surface area (Å²) in [7, 11) is 0. The molecule has 0 fully saturated rings. The van der Waals surface area contributed by atoms with Gasteiger partial charge in [0.05, 0.1) is 13.2 Å². The van der Waals surface area contributed by atoms with Crippen LogP contribution < -0.4 is 31.6 Å². The Morgan fingerprint density at radius 3 is 1.67 bits per heavy atom. The molecule has 0 aliphatic carbocycles. The number of hydrogen-bond acceptors (Lipinski definition) is 8. The molecule has 0 aromatic carbocycles. The van der Waals surface area contributed by atoms with E-state index in [-0.39, 0.29) is 53.1 Å². The second-order valence-electron chi connectivity index (χ2n) is 3.50. The zero-order valence-corrected chi connectivity index (χ0v) is 9.61. The smallest absolute Gasteiger partial charge is 0.451 e. The van der Waals surface area contributed by atoms with Crippen molar-refractivity contribution in [1.82, 2.24) is 0 Å². The summed E-state index contributed by atoms with van der Waals surface area (Å²) in [5.74, 6) is -1.42. The first-order chi connectivity index (χ1) is 8.45. The molecule has 18 heavy (non-hydrogen) atoms. The van der Waals surface area contributed by atoms with Gasteiger partial charge in [-0.05, 0) is 0 Å². The first kappa shape index (κ1) is 13.9. The lowest BCUT2D eigenvalue weighted by molar-refractivity contribution is -0.701. The first-order valence-corrected chi connectivity index (χ1v) is 5.11. The minimum Gasteiger partial charge on any atom is -0.706 e. The maximum atomic E-state index is 11.5. The lowest BCUT2D eigenvalue weighted by Crippen LogP contribution is -2.51. The number of rotatable bonds is 5. The van der Waals surface area contributed by atoms with Gasteiger partial charge in [0.25, 0.3) is 0 Å². The molecule has 1 aromatic heterocycles. The monoisotopic (exact) mass is 260 g/mol. The number of nitrogens with two attached hydrogens (primary N) is 3. The Morgan fingerprint density at radius 2 is 1.33 bits per heavy atom. The Bertz CT molecular complexity index is 405. The minimum atomic E-state index is -0.693. The highest BCUT2D eigenvalue weighted by Crippen LogP contribution is 2.25. The molecule has 0 amide bonds. The van der Waals surface area contributed by atoms with Crippen LogP contribution in [0, 0.1) is 10.4 Å². The average Bonchev–Trinajstić information content (AvgIpc) is 2.35. The summed E-state index contributed by atoms with van der Waals surface area (Å²) in [4.78, 5) is 1.33. The third kappa shape index (κ3) is 2.24. The molecule has 0 unspecified atom stereocenters. The summed E-state index contributed by atoms with van der Waals surface area (Å²) in [6, 6.07) is 0. The predicted molar refractivity (Wildman–Crippen MR) is 64.0 cm³/mol.